The monoisotopic (exact) mass is 232 g/mol. The lowest BCUT2D eigenvalue weighted by Gasteiger charge is -2.29. The summed E-state index contributed by atoms with van der Waals surface area (Å²) in [5.41, 5.74) is 4.89. The maximum atomic E-state index is 9.63. The molecule has 0 fully saturated rings. The number of rotatable bonds is 6. The van der Waals surface area contributed by atoms with Crippen LogP contribution in [0.15, 0.2) is 0 Å². The van der Waals surface area contributed by atoms with Crippen molar-refractivity contribution in [3.63, 3.8) is 0 Å². The molecule has 0 radical (unpaired) electrons. The Balaban J connectivity index is 4.01. The molecule has 0 amide bonds. The van der Waals surface area contributed by atoms with Crippen molar-refractivity contribution in [2.45, 2.75) is 39.7 Å². The second-order valence-corrected chi connectivity index (χ2v) is 5.99. The highest BCUT2D eigenvalue weighted by Crippen LogP contribution is 2.21. The van der Waals surface area contributed by atoms with Crippen LogP contribution in [0.5, 0.6) is 0 Å². The molecule has 3 nitrogen and oxygen atoms in total. The molecule has 0 unspecified atom stereocenters. The first kappa shape index (κ1) is 14.8. The maximum absolute atomic E-state index is 9.63. The molecule has 0 spiro atoms. The van der Waals surface area contributed by atoms with Crippen molar-refractivity contribution in [1.82, 2.24) is 4.90 Å². The van der Waals surface area contributed by atoms with Gasteiger partial charge in [0.2, 0.25) is 0 Å². The SMILES string of the molecule is CN(CCC(C)(C)C(N)=S)CC(C)(C)O. The Morgan fingerprint density at radius 2 is 1.80 bits per heavy atom. The highest BCUT2D eigenvalue weighted by molar-refractivity contribution is 7.80. The summed E-state index contributed by atoms with van der Waals surface area (Å²) in [5, 5.41) is 9.63. The van der Waals surface area contributed by atoms with Crippen LogP contribution in [0.3, 0.4) is 0 Å². The van der Waals surface area contributed by atoms with Crippen LogP contribution in [0, 0.1) is 5.41 Å². The third kappa shape index (κ3) is 6.82. The lowest BCUT2D eigenvalue weighted by molar-refractivity contribution is 0.0427. The van der Waals surface area contributed by atoms with Crippen LogP contribution < -0.4 is 5.73 Å². The van der Waals surface area contributed by atoms with Gasteiger partial charge in [0.15, 0.2) is 0 Å². The van der Waals surface area contributed by atoms with Gasteiger partial charge in [-0.15, -0.1) is 0 Å². The zero-order chi connectivity index (χ0) is 12.3. The molecule has 0 aromatic heterocycles. The van der Waals surface area contributed by atoms with Crippen molar-refractivity contribution in [3.8, 4) is 0 Å². The Labute approximate surface area is 98.6 Å². The topological polar surface area (TPSA) is 49.5 Å². The standard InChI is InChI=1S/C11H24N2OS/c1-10(2,9(12)15)6-7-13(5)8-11(3,4)14/h14H,6-8H2,1-5H3,(H2,12,15). The Morgan fingerprint density at radius 1 is 1.33 bits per heavy atom. The average molecular weight is 232 g/mol. The molecule has 0 saturated carbocycles. The molecule has 0 bridgehead atoms. The summed E-state index contributed by atoms with van der Waals surface area (Å²) in [6.07, 6.45) is 0.912. The second kappa shape index (κ2) is 5.23. The number of likely N-dealkylation sites (N-methyl/N-ethyl adjacent to an activating group) is 1. The molecule has 0 aliphatic rings. The van der Waals surface area contributed by atoms with E-state index in [0.717, 1.165) is 13.0 Å². The molecule has 0 aromatic rings. The van der Waals surface area contributed by atoms with Crippen molar-refractivity contribution in [1.29, 1.82) is 0 Å². The van der Waals surface area contributed by atoms with E-state index in [1.807, 2.05) is 34.7 Å². The molecular formula is C11H24N2OS. The van der Waals surface area contributed by atoms with E-state index in [-0.39, 0.29) is 5.41 Å². The molecule has 0 atom stereocenters. The predicted octanol–water partition coefficient (Wildman–Crippen LogP) is 1.39. The summed E-state index contributed by atoms with van der Waals surface area (Å²) < 4.78 is 0. The number of nitrogens with zero attached hydrogens (tertiary/aromatic N) is 1. The number of nitrogens with two attached hydrogens (primary N) is 1. The van der Waals surface area contributed by atoms with E-state index in [1.165, 1.54) is 0 Å². The van der Waals surface area contributed by atoms with E-state index in [4.69, 9.17) is 18.0 Å². The quantitative estimate of drug-likeness (QED) is 0.680. The van der Waals surface area contributed by atoms with Gasteiger partial charge in [-0.2, -0.15) is 0 Å². The zero-order valence-electron chi connectivity index (χ0n) is 10.5. The highest BCUT2D eigenvalue weighted by atomic mass is 32.1. The first-order chi connectivity index (χ1) is 6.54. The Bertz CT molecular complexity index is 221. The fraction of sp³-hybridized carbons (Fsp3) is 0.909. The van der Waals surface area contributed by atoms with Gasteiger partial charge in [0.1, 0.15) is 0 Å². The van der Waals surface area contributed by atoms with Crippen molar-refractivity contribution >= 4 is 17.2 Å². The van der Waals surface area contributed by atoms with Crippen LogP contribution in [-0.2, 0) is 0 Å². The molecule has 0 aromatic carbocycles. The molecule has 0 aliphatic heterocycles. The summed E-state index contributed by atoms with van der Waals surface area (Å²) in [4.78, 5) is 2.65. The number of hydrogen-bond donors (Lipinski definition) is 2. The zero-order valence-corrected chi connectivity index (χ0v) is 11.3. The summed E-state index contributed by atoms with van der Waals surface area (Å²) in [6, 6.07) is 0. The molecule has 0 aliphatic carbocycles. The molecule has 0 heterocycles. The molecule has 0 saturated heterocycles. The normalized spacial score (nSPS) is 13.3. The molecule has 90 valence electrons. The summed E-state index contributed by atoms with van der Waals surface area (Å²) in [5.74, 6) is 0. The number of thiocarbonyl (C=S) groups is 1. The van der Waals surface area contributed by atoms with Crippen LogP contribution in [0.2, 0.25) is 0 Å². The van der Waals surface area contributed by atoms with E-state index in [9.17, 15) is 5.11 Å². The van der Waals surface area contributed by atoms with Crippen molar-refractivity contribution in [2.75, 3.05) is 20.1 Å². The lowest BCUT2D eigenvalue weighted by atomic mass is 9.89. The summed E-state index contributed by atoms with van der Waals surface area (Å²) in [7, 11) is 1.99. The van der Waals surface area contributed by atoms with Gasteiger partial charge in [0, 0.05) is 12.0 Å². The van der Waals surface area contributed by atoms with E-state index in [0.29, 0.717) is 11.5 Å². The number of hydrogen-bond acceptors (Lipinski definition) is 3. The fourth-order valence-electron chi connectivity index (χ4n) is 1.33. The lowest BCUT2D eigenvalue weighted by Crippen LogP contribution is -2.39. The second-order valence-electron chi connectivity index (χ2n) is 5.55. The van der Waals surface area contributed by atoms with E-state index < -0.39 is 5.60 Å². The minimum absolute atomic E-state index is 0.108. The minimum Gasteiger partial charge on any atom is -0.393 e. The van der Waals surface area contributed by atoms with Crippen molar-refractivity contribution < 1.29 is 5.11 Å². The maximum Gasteiger partial charge on any atom is 0.0784 e. The van der Waals surface area contributed by atoms with Gasteiger partial charge in [0.25, 0.3) is 0 Å². The van der Waals surface area contributed by atoms with Gasteiger partial charge in [-0.25, -0.2) is 0 Å². The molecular weight excluding hydrogens is 208 g/mol. The molecule has 4 heteroatoms. The molecule has 15 heavy (non-hydrogen) atoms. The Kier molecular flexibility index (Phi) is 5.17. The van der Waals surface area contributed by atoms with Gasteiger partial charge in [0.05, 0.1) is 10.6 Å². The van der Waals surface area contributed by atoms with Gasteiger partial charge >= 0.3 is 0 Å². The highest BCUT2D eigenvalue weighted by Gasteiger charge is 2.23. The Morgan fingerprint density at radius 3 is 2.13 bits per heavy atom. The molecule has 0 rings (SSSR count). The fourth-order valence-corrected chi connectivity index (χ4v) is 1.44. The third-order valence-electron chi connectivity index (χ3n) is 2.44. The minimum atomic E-state index is -0.651. The van der Waals surface area contributed by atoms with E-state index in [1.54, 1.807) is 0 Å². The summed E-state index contributed by atoms with van der Waals surface area (Å²) >= 11 is 5.00. The van der Waals surface area contributed by atoms with Crippen LogP contribution >= 0.6 is 12.2 Å². The largest absolute Gasteiger partial charge is 0.393 e. The Hall–Kier alpha value is -0.190. The van der Waals surface area contributed by atoms with Crippen LogP contribution in [0.25, 0.3) is 0 Å². The van der Waals surface area contributed by atoms with E-state index in [2.05, 4.69) is 4.90 Å². The molecule has 3 N–H and O–H groups in total. The van der Waals surface area contributed by atoms with E-state index >= 15 is 0 Å². The van der Waals surface area contributed by atoms with Crippen LogP contribution in [0.4, 0.5) is 0 Å². The summed E-state index contributed by atoms with van der Waals surface area (Å²) in [6.45, 7) is 9.25. The first-order valence-corrected chi connectivity index (χ1v) is 5.66. The van der Waals surface area contributed by atoms with Gasteiger partial charge in [-0.3, -0.25) is 0 Å². The third-order valence-corrected chi connectivity index (χ3v) is 2.99. The van der Waals surface area contributed by atoms with Crippen LogP contribution in [0.1, 0.15) is 34.1 Å². The van der Waals surface area contributed by atoms with Gasteiger partial charge in [-0.05, 0) is 33.9 Å². The van der Waals surface area contributed by atoms with Crippen LogP contribution in [-0.4, -0.2) is 40.7 Å². The smallest absolute Gasteiger partial charge is 0.0784 e. The van der Waals surface area contributed by atoms with Gasteiger partial charge < -0.3 is 15.7 Å². The first-order valence-electron chi connectivity index (χ1n) is 5.25. The number of aliphatic hydroxyl groups is 1. The van der Waals surface area contributed by atoms with Gasteiger partial charge in [-0.1, -0.05) is 26.1 Å². The van der Waals surface area contributed by atoms with Crippen molar-refractivity contribution in [3.05, 3.63) is 0 Å². The van der Waals surface area contributed by atoms with Crippen molar-refractivity contribution in [2.24, 2.45) is 11.1 Å². The average Bonchev–Trinajstić information content (AvgIpc) is 1.97. The predicted molar refractivity (Wildman–Crippen MR) is 69.0 cm³/mol.